The maximum Gasteiger partial charge on any atom is 0.165 e. The zero-order valence-corrected chi connectivity index (χ0v) is 17.2. The zero-order valence-electron chi connectivity index (χ0n) is 17.2. The van der Waals surface area contributed by atoms with E-state index in [1.165, 1.54) is 17.7 Å². The monoisotopic (exact) mass is 414 g/mol. The Hall–Kier alpha value is -3.51. The van der Waals surface area contributed by atoms with Gasteiger partial charge in [-0.3, -0.25) is 4.90 Å². The average molecular weight is 414 g/mol. The maximum atomic E-state index is 14.2. The van der Waals surface area contributed by atoms with Gasteiger partial charge >= 0.3 is 0 Å². The van der Waals surface area contributed by atoms with Gasteiger partial charge in [0.25, 0.3) is 0 Å². The first-order chi connectivity index (χ1) is 15.1. The molecule has 0 bridgehead atoms. The molecule has 0 spiro atoms. The van der Waals surface area contributed by atoms with E-state index in [2.05, 4.69) is 34.0 Å². The molecule has 1 aliphatic rings. The highest BCUT2D eigenvalue weighted by Crippen LogP contribution is 2.34. The van der Waals surface area contributed by atoms with Crippen molar-refractivity contribution in [3.63, 3.8) is 0 Å². The van der Waals surface area contributed by atoms with Gasteiger partial charge in [0, 0.05) is 25.0 Å². The van der Waals surface area contributed by atoms with Crippen molar-refractivity contribution in [1.82, 2.24) is 14.9 Å². The minimum atomic E-state index is -0.318. The number of aromatic hydroxyl groups is 1. The van der Waals surface area contributed by atoms with Gasteiger partial charge in [-0.1, -0.05) is 42.5 Å². The van der Waals surface area contributed by atoms with Gasteiger partial charge in [-0.15, -0.1) is 0 Å². The van der Waals surface area contributed by atoms with E-state index in [9.17, 15) is 9.50 Å². The van der Waals surface area contributed by atoms with Crippen molar-refractivity contribution in [2.24, 2.45) is 0 Å². The highest BCUT2D eigenvalue weighted by molar-refractivity contribution is 5.91. The summed E-state index contributed by atoms with van der Waals surface area (Å²) in [6.45, 7) is 2.35. The van der Waals surface area contributed by atoms with E-state index in [0.717, 1.165) is 19.6 Å². The molecule has 1 fully saturated rings. The number of phenolic OH excluding ortho intramolecular Hbond substituents is 1. The molecule has 3 aromatic carbocycles. The van der Waals surface area contributed by atoms with Crippen molar-refractivity contribution in [3.05, 3.63) is 84.2 Å². The quantitative estimate of drug-likeness (QED) is 0.530. The van der Waals surface area contributed by atoms with Gasteiger partial charge in [-0.2, -0.15) is 0 Å². The number of fused-ring (bicyclic) bond motifs is 1. The number of anilines is 1. The van der Waals surface area contributed by atoms with Gasteiger partial charge in [0.1, 0.15) is 17.4 Å². The fourth-order valence-electron chi connectivity index (χ4n) is 4.21. The van der Waals surface area contributed by atoms with Crippen LogP contribution in [0.3, 0.4) is 0 Å². The number of benzene rings is 3. The van der Waals surface area contributed by atoms with Crippen molar-refractivity contribution >= 4 is 16.7 Å². The summed E-state index contributed by atoms with van der Waals surface area (Å²) in [4.78, 5) is 14.0. The molecule has 6 heteroatoms. The lowest BCUT2D eigenvalue weighted by Crippen LogP contribution is -2.47. The second kappa shape index (κ2) is 7.96. The number of halogens is 1. The van der Waals surface area contributed by atoms with Crippen LogP contribution in [0.15, 0.2) is 72.8 Å². The Balaban J connectivity index is 1.63. The van der Waals surface area contributed by atoms with Crippen LogP contribution in [0.2, 0.25) is 0 Å². The van der Waals surface area contributed by atoms with E-state index < -0.39 is 0 Å². The molecular formula is C25H23FN4O. The number of aromatic nitrogens is 2. The molecule has 1 atom stereocenters. The van der Waals surface area contributed by atoms with Crippen molar-refractivity contribution in [3.8, 4) is 17.1 Å². The zero-order chi connectivity index (χ0) is 21.4. The summed E-state index contributed by atoms with van der Waals surface area (Å²) in [5.74, 6) is 0.927. The molecule has 1 aromatic heterocycles. The van der Waals surface area contributed by atoms with Crippen molar-refractivity contribution < 1.29 is 9.50 Å². The number of hydrogen-bond acceptors (Lipinski definition) is 5. The SMILES string of the molecule is CN1CCN(c2nc(-c3ccccc3O)nc3ccc(F)cc23)CC1c1ccccc1. The molecule has 2 heterocycles. The smallest absolute Gasteiger partial charge is 0.165 e. The Morgan fingerprint density at radius 3 is 2.52 bits per heavy atom. The number of likely N-dealkylation sites (N-methyl/N-ethyl adjacent to an activating group) is 1. The summed E-state index contributed by atoms with van der Waals surface area (Å²) in [7, 11) is 2.13. The second-order valence-electron chi connectivity index (χ2n) is 7.90. The van der Waals surface area contributed by atoms with Crippen LogP contribution in [-0.2, 0) is 0 Å². The molecule has 4 aromatic rings. The standard InChI is InChI=1S/C25H23FN4O/c1-29-13-14-30(16-22(29)17-7-3-2-4-8-17)25-20-15-18(26)11-12-21(20)27-24(28-25)19-9-5-6-10-23(19)31/h2-12,15,22,31H,13-14,16H2,1H3. The summed E-state index contributed by atoms with van der Waals surface area (Å²) >= 11 is 0. The first kappa shape index (κ1) is 19.5. The molecule has 156 valence electrons. The Labute approximate surface area is 180 Å². The summed E-state index contributed by atoms with van der Waals surface area (Å²) in [5.41, 5.74) is 2.45. The minimum absolute atomic E-state index is 0.121. The predicted molar refractivity (Wildman–Crippen MR) is 121 cm³/mol. The van der Waals surface area contributed by atoms with Crippen LogP contribution in [0.1, 0.15) is 11.6 Å². The van der Waals surface area contributed by atoms with Crippen LogP contribution in [0.4, 0.5) is 10.2 Å². The third-order valence-electron chi connectivity index (χ3n) is 5.91. The average Bonchev–Trinajstić information content (AvgIpc) is 2.80. The third kappa shape index (κ3) is 3.70. The van der Waals surface area contributed by atoms with E-state index in [1.807, 2.05) is 24.3 Å². The second-order valence-corrected chi connectivity index (χ2v) is 7.90. The largest absolute Gasteiger partial charge is 0.507 e. The van der Waals surface area contributed by atoms with Crippen LogP contribution < -0.4 is 4.90 Å². The van der Waals surface area contributed by atoms with E-state index in [0.29, 0.717) is 28.1 Å². The number of piperazine rings is 1. The lowest BCUT2D eigenvalue weighted by Gasteiger charge is -2.40. The highest BCUT2D eigenvalue weighted by atomic mass is 19.1. The molecule has 1 saturated heterocycles. The van der Waals surface area contributed by atoms with Crippen LogP contribution in [-0.4, -0.2) is 46.7 Å². The number of para-hydroxylation sites is 1. The summed E-state index contributed by atoms with van der Waals surface area (Å²) in [5, 5.41) is 11.0. The van der Waals surface area contributed by atoms with Crippen LogP contribution >= 0.6 is 0 Å². The van der Waals surface area contributed by atoms with E-state index in [4.69, 9.17) is 4.98 Å². The van der Waals surface area contributed by atoms with Gasteiger partial charge in [-0.25, -0.2) is 14.4 Å². The maximum absolute atomic E-state index is 14.2. The third-order valence-corrected chi connectivity index (χ3v) is 5.91. The van der Waals surface area contributed by atoms with Crippen molar-refractivity contribution in [2.45, 2.75) is 6.04 Å². The first-order valence-electron chi connectivity index (χ1n) is 10.4. The molecule has 0 saturated carbocycles. The normalized spacial score (nSPS) is 17.2. The van der Waals surface area contributed by atoms with E-state index in [-0.39, 0.29) is 17.6 Å². The molecule has 1 unspecified atom stereocenters. The minimum Gasteiger partial charge on any atom is -0.507 e. The molecule has 31 heavy (non-hydrogen) atoms. The Morgan fingerprint density at radius 2 is 1.71 bits per heavy atom. The van der Waals surface area contributed by atoms with Gasteiger partial charge in [0.05, 0.1) is 17.1 Å². The van der Waals surface area contributed by atoms with Crippen LogP contribution in [0.25, 0.3) is 22.3 Å². The van der Waals surface area contributed by atoms with E-state index in [1.54, 1.807) is 24.3 Å². The Morgan fingerprint density at radius 1 is 0.935 bits per heavy atom. The lowest BCUT2D eigenvalue weighted by atomic mass is 10.0. The number of rotatable bonds is 3. The summed E-state index contributed by atoms with van der Waals surface area (Å²) < 4.78 is 14.2. The predicted octanol–water partition coefficient (Wildman–Crippen LogP) is 4.63. The van der Waals surface area contributed by atoms with Crippen molar-refractivity contribution in [1.29, 1.82) is 0 Å². The summed E-state index contributed by atoms with van der Waals surface area (Å²) in [6, 6.07) is 22.2. The van der Waals surface area contributed by atoms with Crippen molar-refractivity contribution in [2.75, 3.05) is 31.6 Å². The van der Waals surface area contributed by atoms with Gasteiger partial charge in [0.15, 0.2) is 5.82 Å². The van der Waals surface area contributed by atoms with Crippen LogP contribution in [0.5, 0.6) is 5.75 Å². The van der Waals surface area contributed by atoms with Gasteiger partial charge < -0.3 is 10.0 Å². The molecule has 5 rings (SSSR count). The fourth-order valence-corrected chi connectivity index (χ4v) is 4.21. The molecule has 5 nitrogen and oxygen atoms in total. The molecular weight excluding hydrogens is 391 g/mol. The van der Waals surface area contributed by atoms with E-state index >= 15 is 0 Å². The molecule has 0 aliphatic carbocycles. The van der Waals surface area contributed by atoms with Gasteiger partial charge in [-0.05, 0) is 42.9 Å². The number of hydrogen-bond donors (Lipinski definition) is 1. The first-order valence-corrected chi connectivity index (χ1v) is 10.4. The number of phenols is 1. The molecule has 0 amide bonds. The molecule has 1 aliphatic heterocycles. The Kier molecular flexibility index (Phi) is 5.00. The van der Waals surface area contributed by atoms with Crippen LogP contribution in [0, 0.1) is 5.82 Å². The fraction of sp³-hybridized carbons (Fsp3) is 0.200. The molecule has 0 radical (unpaired) electrons. The van der Waals surface area contributed by atoms with Gasteiger partial charge in [0.2, 0.25) is 0 Å². The molecule has 1 N–H and O–H groups in total. The number of nitrogens with zero attached hydrogens (tertiary/aromatic N) is 4. The highest BCUT2D eigenvalue weighted by Gasteiger charge is 2.28. The summed E-state index contributed by atoms with van der Waals surface area (Å²) in [6.07, 6.45) is 0. The topological polar surface area (TPSA) is 52.5 Å². The Bertz CT molecular complexity index is 1230. The lowest BCUT2D eigenvalue weighted by molar-refractivity contribution is 0.221.